The van der Waals surface area contributed by atoms with Crippen molar-refractivity contribution in [3.8, 4) is 0 Å². The zero-order valence-corrected chi connectivity index (χ0v) is 19.4. The van der Waals surface area contributed by atoms with E-state index in [9.17, 15) is 18.0 Å². The second-order valence-electron chi connectivity index (χ2n) is 7.68. The van der Waals surface area contributed by atoms with Gasteiger partial charge in [-0.2, -0.15) is 5.10 Å². The van der Waals surface area contributed by atoms with Crippen molar-refractivity contribution in [2.45, 2.75) is 44.7 Å². The van der Waals surface area contributed by atoms with Gasteiger partial charge in [-0.1, -0.05) is 36.2 Å². The molecule has 8 nitrogen and oxygen atoms in total. The molecule has 168 valence electrons. The molecule has 11 heteroatoms. The Labute approximate surface area is 191 Å². The number of carbonyl (C=O) groups excluding carboxylic acids is 2. The number of amides is 2. The molecule has 0 bridgehead atoms. The fraction of sp³-hybridized carbons (Fsp3) is 0.450. The number of nitrogens with one attached hydrogen (secondary N) is 2. The summed E-state index contributed by atoms with van der Waals surface area (Å²) in [6, 6.07) is 5.22. The first-order chi connectivity index (χ1) is 14.6. The van der Waals surface area contributed by atoms with Crippen LogP contribution in [0.15, 0.2) is 30.6 Å². The van der Waals surface area contributed by atoms with E-state index in [1.54, 1.807) is 19.1 Å². The molecule has 1 aliphatic carbocycles. The Morgan fingerprint density at radius 2 is 1.97 bits per heavy atom. The Morgan fingerprint density at radius 1 is 1.23 bits per heavy atom. The van der Waals surface area contributed by atoms with Crippen LogP contribution in [0, 0.1) is 0 Å². The maximum atomic E-state index is 12.5. The molecule has 2 aromatic rings. The van der Waals surface area contributed by atoms with Gasteiger partial charge in [0.2, 0.25) is 0 Å². The van der Waals surface area contributed by atoms with Gasteiger partial charge in [-0.25, -0.2) is 8.42 Å². The molecule has 0 spiro atoms. The third-order valence-electron chi connectivity index (χ3n) is 5.40. The number of carbonyl (C=O) groups is 2. The molecule has 1 fully saturated rings. The van der Waals surface area contributed by atoms with Crippen LogP contribution in [0.25, 0.3) is 0 Å². The molecule has 2 amide bonds. The average Bonchev–Trinajstić information content (AvgIpc) is 3.14. The number of rotatable bonds is 8. The van der Waals surface area contributed by atoms with E-state index in [4.69, 9.17) is 23.2 Å². The second-order valence-corrected chi connectivity index (χ2v) is 11.0. The molecule has 2 N–H and O–H groups in total. The van der Waals surface area contributed by atoms with Crippen LogP contribution in [-0.4, -0.2) is 47.1 Å². The molecule has 0 unspecified atom stereocenters. The zero-order chi connectivity index (χ0) is 22.6. The Bertz CT molecular complexity index is 1080. The largest absolute Gasteiger partial charge is 0.342 e. The number of nitrogens with zero attached hydrogens (tertiary/aromatic N) is 2. The third-order valence-corrected chi connectivity index (χ3v) is 7.67. The predicted octanol–water partition coefficient (Wildman–Crippen LogP) is 2.84. The van der Waals surface area contributed by atoms with Crippen LogP contribution in [0.4, 0.5) is 5.69 Å². The van der Waals surface area contributed by atoms with Gasteiger partial charge in [-0.05, 0) is 43.4 Å². The highest BCUT2D eigenvalue weighted by molar-refractivity contribution is 7.91. The highest BCUT2D eigenvalue weighted by atomic mass is 35.5. The highest BCUT2D eigenvalue weighted by Crippen LogP contribution is 2.37. The molecule has 1 aromatic heterocycles. The fourth-order valence-corrected chi connectivity index (χ4v) is 4.62. The van der Waals surface area contributed by atoms with E-state index in [-0.39, 0.29) is 18.1 Å². The van der Waals surface area contributed by atoms with E-state index in [1.165, 1.54) is 17.1 Å². The average molecular weight is 487 g/mol. The lowest BCUT2D eigenvalue weighted by atomic mass is 9.72. The predicted molar refractivity (Wildman–Crippen MR) is 120 cm³/mol. The van der Waals surface area contributed by atoms with Crippen LogP contribution in [0.1, 0.15) is 31.7 Å². The highest BCUT2D eigenvalue weighted by Gasteiger charge is 2.40. The minimum absolute atomic E-state index is 0.0468. The van der Waals surface area contributed by atoms with Gasteiger partial charge in [0.25, 0.3) is 0 Å². The standard InChI is InChI=1S/C20H24Cl2N4O4S/c1-2-31(29,30)9-8-26-13-16(12-23-26)24-18(27)19(28)25-20(6-3-7-20)11-14-4-5-15(21)10-17(14)22/h4-5,10,12-13H,2-3,6-9,11H2,1H3,(H,24,27)(H,25,28). The lowest BCUT2D eigenvalue weighted by molar-refractivity contribution is -0.138. The van der Waals surface area contributed by atoms with Gasteiger partial charge in [0.1, 0.15) is 0 Å². The van der Waals surface area contributed by atoms with Crippen LogP contribution in [-0.2, 0) is 32.4 Å². The summed E-state index contributed by atoms with van der Waals surface area (Å²) in [6.07, 6.45) is 5.80. The van der Waals surface area contributed by atoms with Crippen molar-refractivity contribution < 1.29 is 18.0 Å². The molecule has 1 aliphatic rings. The molecule has 0 saturated heterocycles. The van der Waals surface area contributed by atoms with E-state index in [2.05, 4.69) is 15.7 Å². The molecule has 0 aliphatic heterocycles. The van der Waals surface area contributed by atoms with Crippen LogP contribution in [0.5, 0.6) is 0 Å². The summed E-state index contributed by atoms with van der Waals surface area (Å²) in [5.74, 6) is -1.55. The molecular weight excluding hydrogens is 463 g/mol. The summed E-state index contributed by atoms with van der Waals surface area (Å²) < 4.78 is 24.6. The Kier molecular flexibility index (Phi) is 7.28. The molecule has 0 radical (unpaired) electrons. The smallest absolute Gasteiger partial charge is 0.313 e. The van der Waals surface area contributed by atoms with Crippen molar-refractivity contribution in [3.63, 3.8) is 0 Å². The Morgan fingerprint density at radius 3 is 2.58 bits per heavy atom. The SMILES string of the molecule is CCS(=O)(=O)CCn1cc(NC(=O)C(=O)NC2(Cc3ccc(Cl)cc3Cl)CCC2)cn1. The Balaban J connectivity index is 1.58. The van der Waals surface area contributed by atoms with E-state index < -0.39 is 27.2 Å². The van der Waals surface area contributed by atoms with Crippen LogP contribution >= 0.6 is 23.2 Å². The van der Waals surface area contributed by atoms with Crippen molar-refractivity contribution >= 4 is 50.5 Å². The molecule has 1 aromatic carbocycles. The number of sulfone groups is 1. The zero-order valence-electron chi connectivity index (χ0n) is 17.0. The van der Waals surface area contributed by atoms with Crippen molar-refractivity contribution in [3.05, 3.63) is 46.2 Å². The third kappa shape index (κ3) is 6.21. The molecule has 31 heavy (non-hydrogen) atoms. The van der Waals surface area contributed by atoms with E-state index in [0.717, 1.165) is 24.8 Å². The number of halogens is 2. The first-order valence-electron chi connectivity index (χ1n) is 9.92. The lowest BCUT2D eigenvalue weighted by Crippen LogP contribution is -2.57. The fourth-order valence-electron chi connectivity index (χ4n) is 3.39. The van der Waals surface area contributed by atoms with Crippen molar-refractivity contribution in [1.82, 2.24) is 15.1 Å². The number of hydrogen-bond donors (Lipinski definition) is 2. The summed E-state index contributed by atoms with van der Waals surface area (Å²) in [5, 5.41) is 10.4. The van der Waals surface area contributed by atoms with Crippen molar-refractivity contribution in [1.29, 1.82) is 0 Å². The number of anilines is 1. The van der Waals surface area contributed by atoms with E-state index in [1.807, 2.05) is 6.07 Å². The second kappa shape index (κ2) is 9.58. The summed E-state index contributed by atoms with van der Waals surface area (Å²) in [5.41, 5.74) is 0.650. The maximum absolute atomic E-state index is 12.5. The maximum Gasteiger partial charge on any atom is 0.313 e. The summed E-state index contributed by atoms with van der Waals surface area (Å²) in [7, 11) is -3.12. The summed E-state index contributed by atoms with van der Waals surface area (Å²) in [6.45, 7) is 1.75. The number of aryl methyl sites for hydroxylation is 1. The van der Waals surface area contributed by atoms with Gasteiger partial charge in [0.15, 0.2) is 9.84 Å². The molecule has 1 heterocycles. The van der Waals surface area contributed by atoms with Crippen molar-refractivity contribution in [2.24, 2.45) is 0 Å². The van der Waals surface area contributed by atoms with Gasteiger partial charge in [-0.3, -0.25) is 14.3 Å². The van der Waals surface area contributed by atoms with Gasteiger partial charge in [-0.15, -0.1) is 0 Å². The minimum Gasteiger partial charge on any atom is -0.342 e. The molecule has 3 rings (SSSR count). The van der Waals surface area contributed by atoms with Gasteiger partial charge < -0.3 is 10.6 Å². The summed E-state index contributed by atoms with van der Waals surface area (Å²) >= 11 is 12.2. The van der Waals surface area contributed by atoms with E-state index in [0.29, 0.717) is 22.2 Å². The number of aromatic nitrogens is 2. The minimum atomic E-state index is -3.12. The summed E-state index contributed by atoms with van der Waals surface area (Å²) in [4.78, 5) is 24.9. The Hall–Kier alpha value is -2.10. The quantitative estimate of drug-likeness (QED) is 0.557. The van der Waals surface area contributed by atoms with Gasteiger partial charge in [0, 0.05) is 27.5 Å². The van der Waals surface area contributed by atoms with Gasteiger partial charge >= 0.3 is 11.8 Å². The number of benzene rings is 1. The molecular formula is C20H24Cl2N4O4S. The monoisotopic (exact) mass is 486 g/mol. The van der Waals surface area contributed by atoms with Crippen molar-refractivity contribution in [2.75, 3.05) is 16.8 Å². The van der Waals surface area contributed by atoms with Crippen LogP contribution < -0.4 is 10.6 Å². The van der Waals surface area contributed by atoms with Crippen LogP contribution in [0.3, 0.4) is 0 Å². The topological polar surface area (TPSA) is 110 Å². The van der Waals surface area contributed by atoms with E-state index >= 15 is 0 Å². The normalized spacial score (nSPS) is 15.2. The first-order valence-corrected chi connectivity index (χ1v) is 12.5. The lowest BCUT2D eigenvalue weighted by Gasteiger charge is -2.42. The number of hydrogen-bond acceptors (Lipinski definition) is 5. The molecule has 1 saturated carbocycles. The first kappa shape index (κ1) is 23.6. The molecule has 0 atom stereocenters. The van der Waals surface area contributed by atoms with Crippen LogP contribution in [0.2, 0.25) is 10.0 Å². The van der Waals surface area contributed by atoms with Gasteiger partial charge in [0.05, 0.1) is 24.2 Å².